The van der Waals surface area contributed by atoms with E-state index in [1.807, 2.05) is 0 Å². The summed E-state index contributed by atoms with van der Waals surface area (Å²) >= 11 is 0. The molecule has 0 rings (SSSR count). The van der Waals surface area contributed by atoms with Gasteiger partial charge in [-0.3, -0.25) is 0 Å². The van der Waals surface area contributed by atoms with Gasteiger partial charge in [0.1, 0.15) is 0 Å². The second-order valence-electron chi connectivity index (χ2n) is 1.77. The van der Waals surface area contributed by atoms with Gasteiger partial charge in [0.2, 0.25) is 0 Å². The Hall–Kier alpha value is 0.170. The second-order valence-corrected chi connectivity index (χ2v) is 3.59. The Kier molecular flexibility index (Phi) is 3.46. The van der Waals surface area contributed by atoms with E-state index >= 15 is 0 Å². The zero-order chi connectivity index (χ0) is 4.99. The monoisotopic (exact) mass is 104 g/mol. The third kappa shape index (κ3) is 4.17. The Morgan fingerprint density at radius 3 is 2.17 bits per heavy atom. The normalized spacial score (nSPS) is 16.0. The molecule has 0 aromatic carbocycles. The first-order chi connectivity index (χ1) is 2.77. The Bertz CT molecular complexity index is 45.9. The second kappa shape index (κ2) is 3.36. The summed E-state index contributed by atoms with van der Waals surface area (Å²) < 4.78 is 0. The van der Waals surface area contributed by atoms with E-state index in [9.17, 15) is 0 Å². The van der Waals surface area contributed by atoms with E-state index in [-0.39, 0.29) is 0 Å². The molecule has 38 valence electrons. The summed E-state index contributed by atoms with van der Waals surface area (Å²) in [5.74, 6) is 0. The number of hydrogen-bond acceptors (Lipinski definition) is 0. The van der Waals surface area contributed by atoms with Gasteiger partial charge in [-0.2, -0.15) is 0 Å². The predicted octanol–water partition coefficient (Wildman–Crippen LogP) is 1.29. The molecule has 0 aromatic heterocycles. The van der Waals surface area contributed by atoms with Crippen molar-refractivity contribution in [3.63, 3.8) is 0 Å². The van der Waals surface area contributed by atoms with Crippen LogP contribution < -0.4 is 0 Å². The van der Waals surface area contributed by atoms with Crippen LogP contribution in [0.3, 0.4) is 0 Å². The quantitative estimate of drug-likeness (QED) is 0.347. The van der Waals surface area contributed by atoms with E-state index < -0.39 is 0 Å². The molecule has 0 N–H and O–H groups in total. The van der Waals surface area contributed by atoms with Crippen molar-refractivity contribution in [1.29, 1.82) is 0 Å². The maximum absolute atomic E-state index is 2.23. The summed E-state index contributed by atoms with van der Waals surface area (Å²) in [5.41, 5.74) is 0.856. The van der Waals surface area contributed by atoms with E-state index in [1.54, 1.807) is 0 Å². The van der Waals surface area contributed by atoms with E-state index in [1.165, 1.54) is 9.24 Å². The van der Waals surface area contributed by atoms with Crippen molar-refractivity contribution < 1.29 is 0 Å². The molecule has 0 bridgehead atoms. The third-order valence-electron chi connectivity index (χ3n) is 0.577. The molecule has 0 aliphatic carbocycles. The van der Waals surface area contributed by atoms with Crippen LogP contribution in [0, 0.1) is 0 Å². The summed E-state index contributed by atoms with van der Waals surface area (Å²) in [6, 6.07) is 0. The standard InChI is InChI=1S/C5H13P/c1-3-4-5(2)6/h3-5H,1-2H3,6H4. The Labute approximate surface area is 41.8 Å². The Morgan fingerprint density at radius 1 is 1.67 bits per heavy atom. The molecule has 1 heteroatoms. The van der Waals surface area contributed by atoms with Crippen LogP contribution in [0.2, 0.25) is 0 Å². The third-order valence-corrected chi connectivity index (χ3v) is 0.962. The van der Waals surface area contributed by atoms with Crippen molar-refractivity contribution in [1.82, 2.24) is 0 Å². The van der Waals surface area contributed by atoms with Gasteiger partial charge in [-0.05, 0) is 0 Å². The van der Waals surface area contributed by atoms with Crippen molar-refractivity contribution in [3.05, 3.63) is 12.2 Å². The number of allylic oxidation sites excluding steroid dienone is 2. The molecule has 6 heavy (non-hydrogen) atoms. The van der Waals surface area contributed by atoms with Crippen LogP contribution in [0.5, 0.6) is 0 Å². The molecule has 0 saturated heterocycles. The zero-order valence-corrected chi connectivity index (χ0v) is 6.73. The molecule has 1 unspecified atom stereocenters. The first kappa shape index (κ1) is 6.17. The van der Waals surface area contributed by atoms with E-state index in [2.05, 4.69) is 26.0 Å². The molecule has 0 heterocycles. The molecule has 0 nitrogen and oxygen atoms in total. The fraction of sp³-hybridized carbons (Fsp3) is 0.600. The maximum atomic E-state index is 2.23. The van der Waals surface area contributed by atoms with Gasteiger partial charge >= 0.3 is 40.9 Å². The topological polar surface area (TPSA) is 0 Å². The van der Waals surface area contributed by atoms with Crippen LogP contribution in [0.25, 0.3) is 0 Å². The van der Waals surface area contributed by atoms with Gasteiger partial charge in [0.15, 0.2) is 0 Å². The van der Waals surface area contributed by atoms with Crippen molar-refractivity contribution in [3.8, 4) is 0 Å². The van der Waals surface area contributed by atoms with Crippen molar-refractivity contribution in [2.45, 2.75) is 19.5 Å². The summed E-state index contributed by atoms with van der Waals surface area (Å²) in [6.07, 6.45) is 4.34. The van der Waals surface area contributed by atoms with Crippen LogP contribution in [0.4, 0.5) is 0 Å². The fourth-order valence-corrected chi connectivity index (χ4v) is 0.770. The number of hydrogen-bond donors (Lipinski definition) is 0. The summed E-state index contributed by atoms with van der Waals surface area (Å²) in [7, 11) is 1.29. The van der Waals surface area contributed by atoms with Gasteiger partial charge in [0, 0.05) is 0 Å². The summed E-state index contributed by atoms with van der Waals surface area (Å²) in [5, 5.41) is 0. The average molecular weight is 104 g/mol. The minimum absolute atomic E-state index is 0.856. The van der Waals surface area contributed by atoms with Gasteiger partial charge in [-0.1, -0.05) is 0 Å². The Morgan fingerprint density at radius 2 is 2.17 bits per heavy atom. The minimum atomic E-state index is 0.856. The van der Waals surface area contributed by atoms with Crippen LogP contribution in [0.15, 0.2) is 12.2 Å². The average Bonchev–Trinajstić information content (AvgIpc) is 1.35. The Balaban J connectivity index is 3.03. The van der Waals surface area contributed by atoms with E-state index in [4.69, 9.17) is 0 Å². The van der Waals surface area contributed by atoms with E-state index in [0.29, 0.717) is 0 Å². The van der Waals surface area contributed by atoms with Gasteiger partial charge < -0.3 is 0 Å². The summed E-state index contributed by atoms with van der Waals surface area (Å²) in [4.78, 5) is 0. The van der Waals surface area contributed by atoms with Crippen LogP contribution >= 0.6 is 9.24 Å². The first-order valence-corrected chi connectivity index (χ1v) is 3.55. The molecule has 0 saturated carbocycles. The van der Waals surface area contributed by atoms with Crippen molar-refractivity contribution in [2.75, 3.05) is 0 Å². The van der Waals surface area contributed by atoms with Crippen LogP contribution in [-0.2, 0) is 0 Å². The first-order valence-electron chi connectivity index (χ1n) is 2.40. The zero-order valence-electron chi connectivity index (χ0n) is 4.73. The number of rotatable bonds is 1. The van der Waals surface area contributed by atoms with Crippen molar-refractivity contribution in [2.24, 2.45) is 0 Å². The molecular weight excluding hydrogens is 91.0 g/mol. The van der Waals surface area contributed by atoms with Gasteiger partial charge in [0.05, 0.1) is 0 Å². The molecule has 0 radical (unpaired) electrons. The molecule has 0 aromatic rings. The molecule has 0 aliphatic heterocycles. The SMILES string of the molecule is CC=CC(C)[PH4]. The van der Waals surface area contributed by atoms with Gasteiger partial charge in [0.25, 0.3) is 0 Å². The predicted molar refractivity (Wildman–Crippen MR) is 36.8 cm³/mol. The molecule has 0 fully saturated rings. The van der Waals surface area contributed by atoms with E-state index in [0.717, 1.165) is 5.66 Å². The molecule has 0 spiro atoms. The fourth-order valence-electron chi connectivity index (χ4n) is 0.385. The molecule has 0 aliphatic rings. The van der Waals surface area contributed by atoms with Gasteiger partial charge in [-0.25, -0.2) is 0 Å². The van der Waals surface area contributed by atoms with Crippen LogP contribution in [-0.4, -0.2) is 5.66 Å². The molecular formula is C5H13P. The molecule has 0 amide bonds. The summed E-state index contributed by atoms with van der Waals surface area (Å²) in [6.45, 7) is 4.29. The van der Waals surface area contributed by atoms with Crippen molar-refractivity contribution >= 4 is 9.24 Å². The van der Waals surface area contributed by atoms with Gasteiger partial charge in [-0.15, -0.1) is 0 Å². The molecule has 1 atom stereocenters. The van der Waals surface area contributed by atoms with Crippen LogP contribution in [0.1, 0.15) is 13.8 Å².